The van der Waals surface area contributed by atoms with Crippen molar-refractivity contribution in [3.05, 3.63) is 18.0 Å². The highest BCUT2D eigenvalue weighted by atomic mass is 15.2. The number of hydrogen-bond donors (Lipinski definition) is 1. The lowest BCUT2D eigenvalue weighted by Gasteiger charge is -2.35. The molecule has 1 aromatic heterocycles. The molecule has 1 aromatic rings. The fraction of sp³-hybridized carbons (Fsp3) is 0.786. The first-order valence-electron chi connectivity index (χ1n) is 6.88. The topological polar surface area (TPSA) is 29.9 Å². The summed E-state index contributed by atoms with van der Waals surface area (Å²) in [6.07, 6.45) is 7.45. The molecule has 2 rings (SSSR count). The summed E-state index contributed by atoms with van der Waals surface area (Å²) in [5.41, 5.74) is 1.30. The average Bonchev–Trinajstić information content (AvgIpc) is 2.77. The van der Waals surface area contributed by atoms with Crippen LogP contribution in [0.15, 0.2) is 12.3 Å². The molecule has 3 atom stereocenters. The lowest BCUT2D eigenvalue weighted by molar-refractivity contribution is 0.224. The van der Waals surface area contributed by atoms with Gasteiger partial charge in [0.05, 0.1) is 5.69 Å². The van der Waals surface area contributed by atoms with E-state index < -0.39 is 0 Å². The SMILES string of the molecule is CCC1CCC(CNC)C(c2ccn(C)n2)C1. The van der Waals surface area contributed by atoms with Crippen LogP contribution in [-0.2, 0) is 7.05 Å². The summed E-state index contributed by atoms with van der Waals surface area (Å²) in [5.74, 6) is 2.31. The third-order valence-corrected chi connectivity index (χ3v) is 4.26. The van der Waals surface area contributed by atoms with Crippen LogP contribution in [0.4, 0.5) is 0 Å². The Labute approximate surface area is 105 Å². The molecule has 1 saturated carbocycles. The quantitative estimate of drug-likeness (QED) is 0.869. The number of aromatic nitrogens is 2. The minimum Gasteiger partial charge on any atom is -0.319 e. The van der Waals surface area contributed by atoms with Crippen molar-refractivity contribution in [2.75, 3.05) is 13.6 Å². The first kappa shape index (κ1) is 12.6. The first-order chi connectivity index (χ1) is 8.24. The minimum atomic E-state index is 0.655. The van der Waals surface area contributed by atoms with E-state index in [2.05, 4.69) is 36.7 Å². The van der Waals surface area contributed by atoms with Crippen LogP contribution >= 0.6 is 0 Å². The summed E-state index contributed by atoms with van der Waals surface area (Å²) in [7, 11) is 4.07. The number of nitrogens with zero attached hydrogens (tertiary/aromatic N) is 2. The Hall–Kier alpha value is -0.830. The molecule has 1 heterocycles. The highest BCUT2D eigenvalue weighted by Crippen LogP contribution is 2.40. The fourth-order valence-electron chi connectivity index (χ4n) is 3.19. The van der Waals surface area contributed by atoms with Crippen LogP contribution in [0.1, 0.15) is 44.2 Å². The zero-order valence-corrected chi connectivity index (χ0v) is 11.3. The molecule has 3 nitrogen and oxygen atoms in total. The van der Waals surface area contributed by atoms with Crippen molar-refractivity contribution in [3.63, 3.8) is 0 Å². The van der Waals surface area contributed by atoms with Crippen LogP contribution in [0, 0.1) is 11.8 Å². The lowest BCUT2D eigenvalue weighted by atomic mass is 9.72. The van der Waals surface area contributed by atoms with Gasteiger partial charge in [-0.1, -0.05) is 19.8 Å². The van der Waals surface area contributed by atoms with E-state index in [0.717, 1.165) is 18.4 Å². The molecule has 1 aliphatic rings. The largest absolute Gasteiger partial charge is 0.319 e. The van der Waals surface area contributed by atoms with Crippen molar-refractivity contribution in [2.45, 2.75) is 38.5 Å². The molecule has 1 aliphatic carbocycles. The normalized spacial score (nSPS) is 29.5. The van der Waals surface area contributed by atoms with Gasteiger partial charge in [-0.05, 0) is 44.3 Å². The molecule has 1 fully saturated rings. The Bertz CT molecular complexity index is 345. The van der Waals surface area contributed by atoms with Crippen LogP contribution in [-0.4, -0.2) is 23.4 Å². The Morgan fingerprint density at radius 3 is 2.88 bits per heavy atom. The third-order valence-electron chi connectivity index (χ3n) is 4.26. The summed E-state index contributed by atoms with van der Waals surface area (Å²) < 4.78 is 1.93. The van der Waals surface area contributed by atoms with Crippen LogP contribution in [0.25, 0.3) is 0 Å². The summed E-state index contributed by atoms with van der Waals surface area (Å²) in [6.45, 7) is 3.44. The first-order valence-corrected chi connectivity index (χ1v) is 6.88. The van der Waals surface area contributed by atoms with E-state index in [9.17, 15) is 0 Å². The van der Waals surface area contributed by atoms with E-state index in [-0.39, 0.29) is 0 Å². The molecule has 0 aliphatic heterocycles. The van der Waals surface area contributed by atoms with Crippen LogP contribution in [0.2, 0.25) is 0 Å². The minimum absolute atomic E-state index is 0.655. The van der Waals surface area contributed by atoms with E-state index in [4.69, 9.17) is 0 Å². The molecule has 0 aromatic carbocycles. The fourth-order valence-corrected chi connectivity index (χ4v) is 3.19. The highest BCUT2D eigenvalue weighted by molar-refractivity contribution is 5.10. The van der Waals surface area contributed by atoms with Gasteiger partial charge in [0.15, 0.2) is 0 Å². The van der Waals surface area contributed by atoms with Gasteiger partial charge in [-0.25, -0.2) is 0 Å². The molecule has 0 spiro atoms. The summed E-state index contributed by atoms with van der Waals surface area (Å²) in [4.78, 5) is 0. The maximum atomic E-state index is 4.62. The summed E-state index contributed by atoms with van der Waals surface area (Å²) >= 11 is 0. The van der Waals surface area contributed by atoms with Crippen molar-refractivity contribution in [1.29, 1.82) is 0 Å². The van der Waals surface area contributed by atoms with Gasteiger partial charge in [0.1, 0.15) is 0 Å². The van der Waals surface area contributed by atoms with E-state index in [1.54, 1.807) is 0 Å². The Morgan fingerprint density at radius 1 is 1.47 bits per heavy atom. The molecule has 3 unspecified atom stereocenters. The van der Waals surface area contributed by atoms with Crippen molar-refractivity contribution in [1.82, 2.24) is 15.1 Å². The van der Waals surface area contributed by atoms with Crippen molar-refractivity contribution in [2.24, 2.45) is 18.9 Å². The second-order valence-corrected chi connectivity index (χ2v) is 5.43. The molecule has 0 radical (unpaired) electrons. The molecular weight excluding hydrogens is 210 g/mol. The smallest absolute Gasteiger partial charge is 0.0658 e. The van der Waals surface area contributed by atoms with E-state index in [1.807, 2.05) is 11.7 Å². The monoisotopic (exact) mass is 235 g/mol. The average molecular weight is 235 g/mol. The van der Waals surface area contributed by atoms with E-state index >= 15 is 0 Å². The zero-order chi connectivity index (χ0) is 12.3. The predicted octanol–water partition coefficient (Wildman–Crippen LogP) is 2.55. The molecule has 0 saturated heterocycles. The molecular formula is C14H25N3. The van der Waals surface area contributed by atoms with Gasteiger partial charge < -0.3 is 5.32 Å². The second kappa shape index (κ2) is 5.67. The van der Waals surface area contributed by atoms with Crippen molar-refractivity contribution < 1.29 is 0 Å². The highest BCUT2D eigenvalue weighted by Gasteiger charge is 2.31. The molecule has 1 N–H and O–H groups in total. The standard InChI is InChI=1S/C14H25N3/c1-4-11-5-6-12(10-15-2)13(9-11)14-7-8-17(3)16-14/h7-8,11-13,15H,4-6,9-10H2,1-3H3. The molecule has 17 heavy (non-hydrogen) atoms. The van der Waals surface area contributed by atoms with E-state index in [1.165, 1.54) is 31.4 Å². The van der Waals surface area contributed by atoms with E-state index in [0.29, 0.717) is 5.92 Å². The predicted molar refractivity (Wildman–Crippen MR) is 71.0 cm³/mol. The lowest BCUT2D eigenvalue weighted by Crippen LogP contribution is -2.30. The molecule has 3 heteroatoms. The van der Waals surface area contributed by atoms with Gasteiger partial charge in [0.2, 0.25) is 0 Å². The third kappa shape index (κ3) is 2.89. The Kier molecular flexibility index (Phi) is 4.21. The van der Waals surface area contributed by atoms with Gasteiger partial charge >= 0.3 is 0 Å². The zero-order valence-electron chi connectivity index (χ0n) is 11.3. The maximum absolute atomic E-state index is 4.62. The molecule has 0 amide bonds. The second-order valence-electron chi connectivity index (χ2n) is 5.43. The summed E-state index contributed by atoms with van der Waals surface area (Å²) in [6, 6.07) is 2.20. The van der Waals surface area contributed by atoms with Crippen LogP contribution in [0.3, 0.4) is 0 Å². The Morgan fingerprint density at radius 2 is 2.29 bits per heavy atom. The van der Waals surface area contributed by atoms with Gasteiger partial charge in [-0.2, -0.15) is 5.10 Å². The van der Waals surface area contributed by atoms with Crippen LogP contribution < -0.4 is 5.32 Å². The number of hydrogen-bond acceptors (Lipinski definition) is 2. The van der Waals surface area contributed by atoms with Gasteiger partial charge in [0, 0.05) is 19.2 Å². The van der Waals surface area contributed by atoms with Crippen LogP contribution in [0.5, 0.6) is 0 Å². The summed E-state index contributed by atoms with van der Waals surface area (Å²) in [5, 5.41) is 7.97. The maximum Gasteiger partial charge on any atom is 0.0658 e. The number of rotatable bonds is 4. The number of nitrogens with one attached hydrogen (secondary N) is 1. The number of aryl methyl sites for hydroxylation is 1. The van der Waals surface area contributed by atoms with Gasteiger partial charge in [-0.3, -0.25) is 4.68 Å². The molecule has 96 valence electrons. The molecule has 0 bridgehead atoms. The van der Waals surface area contributed by atoms with Gasteiger partial charge in [-0.15, -0.1) is 0 Å². The van der Waals surface area contributed by atoms with Gasteiger partial charge in [0.25, 0.3) is 0 Å². The van der Waals surface area contributed by atoms with Crippen molar-refractivity contribution >= 4 is 0 Å². The van der Waals surface area contributed by atoms with Crippen molar-refractivity contribution in [3.8, 4) is 0 Å². The Balaban J connectivity index is 2.12.